The number of rotatable bonds is 7. The summed E-state index contributed by atoms with van der Waals surface area (Å²) in [6.07, 6.45) is 0.891. The summed E-state index contributed by atoms with van der Waals surface area (Å²) in [5, 5.41) is 12.3. The van der Waals surface area contributed by atoms with Crippen LogP contribution in [0.2, 0.25) is 10.2 Å². The molecular weight excluding hydrogens is 425 g/mol. The van der Waals surface area contributed by atoms with Crippen molar-refractivity contribution < 1.29 is 4.79 Å². The maximum atomic E-state index is 12.8. The Morgan fingerprint density at radius 3 is 2.45 bits per heavy atom. The number of aromatic nitrogens is 2. The van der Waals surface area contributed by atoms with E-state index in [2.05, 4.69) is 53.6 Å². The lowest BCUT2D eigenvalue weighted by atomic mass is 10.00. The molecule has 0 aliphatic carbocycles. The number of aryl methyl sites for hydroxylation is 1. The van der Waals surface area contributed by atoms with Crippen LogP contribution in [0.3, 0.4) is 0 Å². The summed E-state index contributed by atoms with van der Waals surface area (Å²) in [7, 11) is 0. The van der Waals surface area contributed by atoms with E-state index >= 15 is 0 Å². The van der Waals surface area contributed by atoms with E-state index in [4.69, 9.17) is 23.2 Å². The fraction of sp³-hybridized carbons (Fsp3) is 0.227. The van der Waals surface area contributed by atoms with Crippen molar-refractivity contribution in [2.45, 2.75) is 30.2 Å². The van der Waals surface area contributed by atoms with Crippen molar-refractivity contribution in [3.63, 3.8) is 0 Å². The van der Waals surface area contributed by atoms with Gasteiger partial charge in [-0.1, -0.05) is 71.7 Å². The molecular formula is C22H21Cl2N3OS. The second-order valence-corrected chi connectivity index (χ2v) is 8.83. The van der Waals surface area contributed by atoms with Crippen molar-refractivity contribution in [1.82, 2.24) is 15.5 Å². The lowest BCUT2D eigenvalue weighted by Crippen LogP contribution is -2.29. The van der Waals surface area contributed by atoms with Gasteiger partial charge in [0.2, 0.25) is 0 Å². The van der Waals surface area contributed by atoms with Crippen LogP contribution < -0.4 is 5.32 Å². The Balaban J connectivity index is 1.65. The number of hydrogen-bond acceptors (Lipinski definition) is 4. The fourth-order valence-corrected chi connectivity index (χ4v) is 3.88. The Morgan fingerprint density at radius 2 is 1.76 bits per heavy atom. The average molecular weight is 446 g/mol. The highest BCUT2D eigenvalue weighted by atomic mass is 35.5. The normalized spacial score (nSPS) is 11.9. The highest BCUT2D eigenvalue weighted by molar-refractivity contribution is 7.99. The minimum absolute atomic E-state index is 0.184. The molecule has 0 radical (unpaired) electrons. The van der Waals surface area contributed by atoms with Crippen molar-refractivity contribution in [2.75, 3.05) is 6.54 Å². The van der Waals surface area contributed by atoms with E-state index in [0.717, 1.165) is 11.3 Å². The monoisotopic (exact) mass is 445 g/mol. The average Bonchev–Trinajstić information content (AvgIpc) is 2.71. The van der Waals surface area contributed by atoms with Crippen molar-refractivity contribution in [1.29, 1.82) is 0 Å². The molecule has 3 rings (SSSR count). The smallest absolute Gasteiger partial charge is 0.254 e. The quantitative estimate of drug-likeness (QED) is 0.495. The molecule has 7 heteroatoms. The minimum atomic E-state index is -0.214. The topological polar surface area (TPSA) is 54.9 Å². The van der Waals surface area contributed by atoms with Gasteiger partial charge in [0.05, 0.1) is 5.56 Å². The number of halogens is 2. The largest absolute Gasteiger partial charge is 0.352 e. The third-order valence-electron chi connectivity index (χ3n) is 4.32. The Hall–Kier alpha value is -2.08. The van der Waals surface area contributed by atoms with E-state index in [1.807, 2.05) is 12.1 Å². The molecule has 0 spiro atoms. The molecule has 150 valence electrons. The third kappa shape index (κ3) is 6.46. The molecule has 0 saturated heterocycles. The predicted molar refractivity (Wildman–Crippen MR) is 119 cm³/mol. The van der Waals surface area contributed by atoms with Crippen LogP contribution in [0.4, 0.5) is 0 Å². The van der Waals surface area contributed by atoms with Gasteiger partial charge < -0.3 is 5.32 Å². The highest BCUT2D eigenvalue weighted by Crippen LogP contribution is 2.30. The van der Waals surface area contributed by atoms with Crippen molar-refractivity contribution in [3.8, 4) is 0 Å². The predicted octanol–water partition coefficient (Wildman–Crippen LogP) is 5.85. The van der Waals surface area contributed by atoms with Crippen LogP contribution >= 0.6 is 35.0 Å². The number of nitrogens with zero attached hydrogens (tertiary/aromatic N) is 2. The third-order valence-corrected chi connectivity index (χ3v) is 5.76. The fourth-order valence-electron chi connectivity index (χ4n) is 2.77. The summed E-state index contributed by atoms with van der Waals surface area (Å²) in [5.41, 5.74) is 2.90. The van der Waals surface area contributed by atoms with Crippen molar-refractivity contribution >= 4 is 40.9 Å². The molecule has 2 aromatic carbocycles. The van der Waals surface area contributed by atoms with Gasteiger partial charge in [0.25, 0.3) is 5.91 Å². The minimum Gasteiger partial charge on any atom is -0.352 e. The van der Waals surface area contributed by atoms with Gasteiger partial charge in [-0.15, -0.1) is 10.2 Å². The van der Waals surface area contributed by atoms with Crippen molar-refractivity contribution in [3.05, 3.63) is 81.5 Å². The van der Waals surface area contributed by atoms with Gasteiger partial charge >= 0.3 is 0 Å². The van der Waals surface area contributed by atoms with Crippen LogP contribution in [-0.2, 0) is 6.42 Å². The van der Waals surface area contributed by atoms with E-state index in [9.17, 15) is 4.79 Å². The molecule has 0 saturated carbocycles. The molecule has 1 N–H and O–H groups in total. The van der Waals surface area contributed by atoms with Crippen LogP contribution in [0.5, 0.6) is 0 Å². The molecule has 29 heavy (non-hydrogen) atoms. The van der Waals surface area contributed by atoms with Gasteiger partial charge in [0.15, 0.2) is 5.15 Å². The molecule has 0 aliphatic heterocycles. The molecule has 1 atom stereocenters. The van der Waals surface area contributed by atoms with E-state index < -0.39 is 0 Å². The molecule has 1 unspecified atom stereocenters. The van der Waals surface area contributed by atoms with E-state index in [1.54, 1.807) is 18.2 Å². The molecule has 0 bridgehead atoms. The molecule has 1 amide bonds. The first-order valence-electron chi connectivity index (χ1n) is 9.21. The second-order valence-electron chi connectivity index (χ2n) is 6.95. The lowest BCUT2D eigenvalue weighted by Gasteiger charge is -2.14. The number of carbonyl (C=O) groups excluding carboxylic acids is 1. The molecule has 0 fully saturated rings. The van der Waals surface area contributed by atoms with Gasteiger partial charge in [0.1, 0.15) is 5.03 Å². The molecule has 1 aromatic heterocycles. The summed E-state index contributed by atoms with van der Waals surface area (Å²) >= 11 is 13.3. The van der Waals surface area contributed by atoms with Crippen LogP contribution in [-0.4, -0.2) is 22.6 Å². The zero-order valence-corrected chi connectivity index (χ0v) is 18.5. The molecule has 4 nitrogen and oxygen atoms in total. The Kier molecular flexibility index (Phi) is 7.53. The number of carbonyl (C=O) groups is 1. The number of amides is 1. The standard InChI is InChI=1S/C22H21Cl2N3OS/c1-14-3-5-16(6-4-14)11-15(2)13-25-21(28)19-12-20(24)26-27-22(19)29-18-9-7-17(23)8-10-18/h3-10,12,15H,11,13H2,1-2H3,(H,25,28). The molecule has 1 heterocycles. The van der Waals surface area contributed by atoms with Crippen LogP contribution in [0.25, 0.3) is 0 Å². The molecule has 3 aromatic rings. The summed E-state index contributed by atoms with van der Waals surface area (Å²) in [6.45, 7) is 4.74. The summed E-state index contributed by atoms with van der Waals surface area (Å²) in [4.78, 5) is 13.7. The zero-order valence-electron chi connectivity index (χ0n) is 16.2. The Labute approximate surface area is 185 Å². The Bertz CT molecular complexity index is 978. The summed E-state index contributed by atoms with van der Waals surface area (Å²) in [6, 6.07) is 17.3. The summed E-state index contributed by atoms with van der Waals surface area (Å²) < 4.78 is 0. The van der Waals surface area contributed by atoms with Gasteiger partial charge in [0, 0.05) is 16.5 Å². The maximum Gasteiger partial charge on any atom is 0.254 e. The highest BCUT2D eigenvalue weighted by Gasteiger charge is 2.17. The zero-order chi connectivity index (χ0) is 20.8. The van der Waals surface area contributed by atoms with E-state index in [0.29, 0.717) is 28.1 Å². The molecule has 0 aliphatic rings. The maximum absolute atomic E-state index is 12.8. The van der Waals surface area contributed by atoms with Gasteiger partial charge in [-0.05, 0) is 55.2 Å². The van der Waals surface area contributed by atoms with Gasteiger partial charge in [-0.3, -0.25) is 4.79 Å². The van der Waals surface area contributed by atoms with Crippen molar-refractivity contribution in [2.24, 2.45) is 5.92 Å². The first-order chi connectivity index (χ1) is 13.9. The van der Waals surface area contributed by atoms with Gasteiger partial charge in [-0.25, -0.2) is 0 Å². The number of benzene rings is 2. The first kappa shape index (κ1) is 21.6. The van der Waals surface area contributed by atoms with Crippen LogP contribution in [0.15, 0.2) is 64.5 Å². The summed E-state index contributed by atoms with van der Waals surface area (Å²) in [5.74, 6) is 0.0771. The number of nitrogens with one attached hydrogen (secondary N) is 1. The van der Waals surface area contributed by atoms with Crippen LogP contribution in [0.1, 0.15) is 28.4 Å². The van der Waals surface area contributed by atoms with Gasteiger partial charge in [-0.2, -0.15) is 0 Å². The van der Waals surface area contributed by atoms with E-state index in [-0.39, 0.29) is 11.1 Å². The van der Waals surface area contributed by atoms with Crippen LogP contribution in [0, 0.1) is 12.8 Å². The lowest BCUT2D eigenvalue weighted by molar-refractivity contribution is 0.0944. The number of hydrogen-bond donors (Lipinski definition) is 1. The first-order valence-corrected chi connectivity index (χ1v) is 10.8. The Morgan fingerprint density at radius 1 is 1.07 bits per heavy atom. The van der Waals surface area contributed by atoms with E-state index in [1.165, 1.54) is 22.9 Å². The second kappa shape index (κ2) is 10.1. The SMILES string of the molecule is Cc1ccc(CC(C)CNC(=O)c2cc(Cl)nnc2Sc2ccc(Cl)cc2)cc1.